The topological polar surface area (TPSA) is 115 Å². The number of carboxylic acid groups (broad SMARTS) is 1. The number of carboxylic acids is 1. The molecular weight excluding hydrogens is 443 g/mol. The van der Waals surface area contributed by atoms with Crippen LogP contribution in [0.3, 0.4) is 0 Å². The number of ether oxygens (including phenoxy) is 2. The SMILES string of the molecule is COc1ccnc(C(=O)NC(C)(C(=O)O)[C@@H](C)C(c2ccc(F)cc2C)C(C)C)c1OC(C)=O. The minimum atomic E-state index is -1.74. The third-order valence-electron chi connectivity index (χ3n) is 6.13. The Labute approximate surface area is 198 Å². The molecule has 0 aliphatic carbocycles. The van der Waals surface area contributed by atoms with E-state index in [1.54, 1.807) is 19.9 Å². The summed E-state index contributed by atoms with van der Waals surface area (Å²) in [6, 6.07) is 5.81. The minimum absolute atomic E-state index is 0.0266. The standard InChI is InChI=1S/C25H31FN2O6/c1-13(2)20(18-9-8-17(26)12-14(18)3)15(4)25(6,24(31)32)28-23(30)21-22(34-16(5)29)19(33-7)10-11-27-21/h8-13,15,20H,1-7H3,(H,28,30)(H,31,32)/t15-,20?,25?/m0/s1. The first-order valence-corrected chi connectivity index (χ1v) is 10.9. The molecule has 34 heavy (non-hydrogen) atoms. The molecule has 3 atom stereocenters. The van der Waals surface area contributed by atoms with Crippen LogP contribution in [0.4, 0.5) is 4.39 Å². The maximum Gasteiger partial charge on any atom is 0.329 e. The van der Waals surface area contributed by atoms with E-state index in [-0.39, 0.29) is 34.8 Å². The molecule has 0 bridgehead atoms. The Hall–Kier alpha value is -3.49. The van der Waals surface area contributed by atoms with Crippen LogP contribution in [0.25, 0.3) is 0 Å². The maximum atomic E-state index is 13.7. The number of aromatic nitrogens is 1. The van der Waals surface area contributed by atoms with Crippen molar-refractivity contribution in [2.75, 3.05) is 7.11 Å². The van der Waals surface area contributed by atoms with E-state index in [1.807, 2.05) is 13.8 Å². The van der Waals surface area contributed by atoms with E-state index in [4.69, 9.17) is 9.47 Å². The highest BCUT2D eigenvalue weighted by Gasteiger charge is 2.46. The summed E-state index contributed by atoms with van der Waals surface area (Å²) >= 11 is 0. The van der Waals surface area contributed by atoms with E-state index in [9.17, 15) is 23.9 Å². The number of pyridine rings is 1. The van der Waals surface area contributed by atoms with Crippen molar-refractivity contribution in [3.63, 3.8) is 0 Å². The molecule has 184 valence electrons. The zero-order valence-corrected chi connectivity index (χ0v) is 20.4. The van der Waals surface area contributed by atoms with E-state index in [1.165, 1.54) is 38.4 Å². The van der Waals surface area contributed by atoms with Gasteiger partial charge in [0.15, 0.2) is 11.4 Å². The normalized spacial score (nSPS) is 14.6. The van der Waals surface area contributed by atoms with Crippen molar-refractivity contribution in [3.8, 4) is 11.5 Å². The van der Waals surface area contributed by atoms with Crippen molar-refractivity contribution in [3.05, 3.63) is 53.1 Å². The van der Waals surface area contributed by atoms with Crippen molar-refractivity contribution in [2.45, 2.75) is 53.0 Å². The summed E-state index contributed by atoms with van der Waals surface area (Å²) in [5.74, 6) is -4.25. The van der Waals surface area contributed by atoms with Gasteiger partial charge in [0.25, 0.3) is 5.91 Å². The molecule has 0 aliphatic rings. The van der Waals surface area contributed by atoms with Gasteiger partial charge in [-0.15, -0.1) is 0 Å². The number of benzene rings is 1. The van der Waals surface area contributed by atoms with Crippen LogP contribution < -0.4 is 14.8 Å². The van der Waals surface area contributed by atoms with Crippen molar-refractivity contribution in [1.29, 1.82) is 0 Å². The van der Waals surface area contributed by atoms with Crippen LogP contribution in [0, 0.1) is 24.6 Å². The quantitative estimate of drug-likeness (QED) is 0.526. The summed E-state index contributed by atoms with van der Waals surface area (Å²) in [5.41, 5.74) is -0.541. The number of carbonyl (C=O) groups is 3. The summed E-state index contributed by atoms with van der Waals surface area (Å²) < 4.78 is 24.0. The zero-order valence-electron chi connectivity index (χ0n) is 20.4. The lowest BCUT2D eigenvalue weighted by atomic mass is 9.69. The second-order valence-electron chi connectivity index (χ2n) is 8.81. The number of aliphatic carboxylic acids is 1. The van der Waals surface area contributed by atoms with E-state index < -0.39 is 29.3 Å². The lowest BCUT2D eigenvalue weighted by molar-refractivity contribution is -0.146. The van der Waals surface area contributed by atoms with Crippen LogP contribution in [-0.2, 0) is 9.59 Å². The molecule has 8 nitrogen and oxygen atoms in total. The highest BCUT2D eigenvalue weighted by molar-refractivity contribution is 5.99. The van der Waals surface area contributed by atoms with Crippen molar-refractivity contribution >= 4 is 17.8 Å². The van der Waals surface area contributed by atoms with Crippen LogP contribution in [0.1, 0.15) is 62.2 Å². The molecule has 0 aliphatic heterocycles. The molecule has 0 saturated carbocycles. The van der Waals surface area contributed by atoms with Crippen molar-refractivity contribution in [1.82, 2.24) is 10.3 Å². The first-order valence-electron chi connectivity index (χ1n) is 10.9. The Morgan fingerprint density at radius 2 is 1.82 bits per heavy atom. The van der Waals surface area contributed by atoms with Gasteiger partial charge in [-0.25, -0.2) is 14.2 Å². The third-order valence-corrected chi connectivity index (χ3v) is 6.13. The summed E-state index contributed by atoms with van der Waals surface area (Å²) in [4.78, 5) is 41.3. The molecule has 1 heterocycles. The number of methoxy groups -OCH3 is 1. The molecule has 2 aromatic rings. The van der Waals surface area contributed by atoms with Gasteiger partial charge in [-0.05, 0) is 54.9 Å². The molecular formula is C25H31FN2O6. The lowest BCUT2D eigenvalue weighted by Crippen LogP contribution is -2.58. The van der Waals surface area contributed by atoms with Crippen LogP contribution in [0.5, 0.6) is 11.5 Å². The maximum absolute atomic E-state index is 13.7. The monoisotopic (exact) mass is 474 g/mol. The third kappa shape index (κ3) is 5.52. The average Bonchev–Trinajstić information content (AvgIpc) is 2.74. The summed E-state index contributed by atoms with van der Waals surface area (Å²) in [6.45, 7) is 9.96. The highest BCUT2D eigenvalue weighted by Crippen LogP contribution is 2.40. The Bertz CT molecular complexity index is 1090. The van der Waals surface area contributed by atoms with Gasteiger partial charge < -0.3 is 19.9 Å². The van der Waals surface area contributed by atoms with Gasteiger partial charge in [0.1, 0.15) is 11.4 Å². The van der Waals surface area contributed by atoms with E-state index in [2.05, 4.69) is 10.3 Å². The number of hydrogen-bond acceptors (Lipinski definition) is 6. The van der Waals surface area contributed by atoms with Crippen LogP contribution >= 0.6 is 0 Å². The number of carbonyl (C=O) groups excluding carboxylic acids is 2. The average molecular weight is 475 g/mol. The Morgan fingerprint density at radius 3 is 2.32 bits per heavy atom. The molecule has 1 amide bonds. The van der Waals surface area contributed by atoms with Gasteiger partial charge in [0.05, 0.1) is 7.11 Å². The molecule has 0 radical (unpaired) electrons. The molecule has 1 aromatic heterocycles. The number of nitrogens with zero attached hydrogens (tertiary/aromatic N) is 1. The number of rotatable bonds is 9. The number of nitrogens with one attached hydrogen (secondary N) is 1. The van der Waals surface area contributed by atoms with Gasteiger partial charge in [-0.1, -0.05) is 26.8 Å². The second kappa shape index (κ2) is 10.6. The number of aryl methyl sites for hydroxylation is 1. The molecule has 2 rings (SSSR count). The molecule has 0 fully saturated rings. The summed E-state index contributed by atoms with van der Waals surface area (Å²) in [7, 11) is 1.34. The van der Waals surface area contributed by atoms with Gasteiger partial charge in [0, 0.05) is 19.2 Å². The van der Waals surface area contributed by atoms with E-state index in [0.717, 1.165) is 12.5 Å². The highest BCUT2D eigenvalue weighted by atomic mass is 19.1. The first kappa shape index (κ1) is 26.8. The summed E-state index contributed by atoms with van der Waals surface area (Å²) in [5, 5.41) is 12.8. The minimum Gasteiger partial charge on any atom is -0.493 e. The van der Waals surface area contributed by atoms with Crippen LogP contribution in [0.15, 0.2) is 30.5 Å². The van der Waals surface area contributed by atoms with Crippen molar-refractivity contribution in [2.24, 2.45) is 11.8 Å². The number of esters is 1. The van der Waals surface area contributed by atoms with E-state index in [0.29, 0.717) is 5.56 Å². The number of halogens is 1. The Morgan fingerprint density at radius 1 is 1.18 bits per heavy atom. The number of hydrogen-bond donors (Lipinski definition) is 2. The largest absolute Gasteiger partial charge is 0.493 e. The Kier molecular flexibility index (Phi) is 8.36. The number of amides is 1. The predicted molar refractivity (Wildman–Crippen MR) is 123 cm³/mol. The Balaban J connectivity index is 2.53. The van der Waals surface area contributed by atoms with Crippen LogP contribution in [0.2, 0.25) is 0 Å². The van der Waals surface area contributed by atoms with Crippen molar-refractivity contribution < 1.29 is 33.4 Å². The fourth-order valence-electron chi connectivity index (χ4n) is 4.23. The predicted octanol–water partition coefficient (Wildman–Crippen LogP) is 4.11. The summed E-state index contributed by atoms with van der Waals surface area (Å²) in [6.07, 6.45) is 1.29. The molecule has 2 N–H and O–H groups in total. The van der Waals surface area contributed by atoms with E-state index >= 15 is 0 Å². The van der Waals surface area contributed by atoms with Crippen LogP contribution in [-0.4, -0.2) is 40.6 Å². The van der Waals surface area contributed by atoms with Gasteiger partial charge in [0.2, 0.25) is 5.75 Å². The molecule has 2 unspecified atom stereocenters. The smallest absolute Gasteiger partial charge is 0.329 e. The fourth-order valence-corrected chi connectivity index (χ4v) is 4.23. The van der Waals surface area contributed by atoms with Gasteiger partial charge in [-0.3, -0.25) is 9.59 Å². The lowest BCUT2D eigenvalue weighted by Gasteiger charge is -2.40. The molecule has 0 saturated heterocycles. The molecule has 1 aromatic carbocycles. The molecule has 0 spiro atoms. The van der Waals surface area contributed by atoms with Gasteiger partial charge in [-0.2, -0.15) is 0 Å². The fraction of sp³-hybridized carbons (Fsp3) is 0.440. The van der Waals surface area contributed by atoms with Gasteiger partial charge >= 0.3 is 11.9 Å². The zero-order chi connectivity index (χ0) is 25.8. The first-order chi connectivity index (χ1) is 15.8. The molecule has 9 heteroatoms. The second-order valence-corrected chi connectivity index (χ2v) is 8.81.